The Hall–Kier alpha value is -3.16. The van der Waals surface area contributed by atoms with Crippen molar-refractivity contribution in [3.63, 3.8) is 0 Å². The maximum absolute atomic E-state index is 14.9. The van der Waals surface area contributed by atoms with Crippen LogP contribution < -0.4 is 10.2 Å². The normalized spacial score (nSPS) is 11.6. The SMILES string of the molecule is COc1cnc2ccc(C(F)(F)C(=N)n3cc(C)cc(F)c3=N)cc2c1. The van der Waals surface area contributed by atoms with Gasteiger partial charge in [-0.2, -0.15) is 8.78 Å². The van der Waals surface area contributed by atoms with Gasteiger partial charge in [-0.3, -0.25) is 20.4 Å². The Morgan fingerprint density at radius 1 is 1.23 bits per heavy atom. The molecule has 0 aliphatic heterocycles. The number of nitrogens with zero attached hydrogens (tertiary/aromatic N) is 2. The lowest BCUT2D eigenvalue weighted by Gasteiger charge is -2.20. The van der Waals surface area contributed by atoms with Gasteiger partial charge in [-0.05, 0) is 36.8 Å². The fourth-order valence-electron chi connectivity index (χ4n) is 2.57. The van der Waals surface area contributed by atoms with E-state index in [4.69, 9.17) is 15.6 Å². The highest BCUT2D eigenvalue weighted by molar-refractivity contribution is 5.91. The van der Waals surface area contributed by atoms with Gasteiger partial charge >= 0.3 is 5.92 Å². The van der Waals surface area contributed by atoms with Crippen LogP contribution in [0, 0.1) is 23.6 Å². The van der Waals surface area contributed by atoms with Crippen molar-refractivity contribution in [2.24, 2.45) is 0 Å². The monoisotopic (exact) mass is 360 g/mol. The van der Waals surface area contributed by atoms with Crippen molar-refractivity contribution in [2.75, 3.05) is 7.11 Å². The fourth-order valence-corrected chi connectivity index (χ4v) is 2.57. The second-order valence-corrected chi connectivity index (χ2v) is 5.79. The Bertz CT molecular complexity index is 1080. The summed E-state index contributed by atoms with van der Waals surface area (Å²) in [5.41, 5.74) is -0.443. The smallest absolute Gasteiger partial charge is 0.329 e. The molecule has 26 heavy (non-hydrogen) atoms. The lowest BCUT2D eigenvalue weighted by Crippen LogP contribution is -2.39. The van der Waals surface area contributed by atoms with Gasteiger partial charge in [0.1, 0.15) is 5.75 Å². The van der Waals surface area contributed by atoms with E-state index in [0.29, 0.717) is 26.8 Å². The minimum atomic E-state index is -3.74. The van der Waals surface area contributed by atoms with E-state index < -0.39 is 28.6 Å². The quantitative estimate of drug-likeness (QED) is 0.553. The predicted octanol–water partition coefficient (Wildman–Crippen LogP) is 3.59. The number of aryl methyl sites for hydroxylation is 1. The van der Waals surface area contributed by atoms with Crippen molar-refractivity contribution < 1.29 is 17.9 Å². The topological polar surface area (TPSA) is 74.8 Å². The average molecular weight is 360 g/mol. The van der Waals surface area contributed by atoms with Crippen molar-refractivity contribution >= 4 is 16.7 Å². The Labute approximate surface area is 146 Å². The van der Waals surface area contributed by atoms with E-state index in [1.807, 2.05) is 0 Å². The van der Waals surface area contributed by atoms with E-state index in [9.17, 15) is 13.2 Å². The second-order valence-electron chi connectivity index (χ2n) is 5.79. The highest BCUT2D eigenvalue weighted by Gasteiger charge is 2.39. The van der Waals surface area contributed by atoms with Gasteiger partial charge in [-0.1, -0.05) is 6.07 Å². The van der Waals surface area contributed by atoms with Gasteiger partial charge in [-0.25, -0.2) is 4.39 Å². The zero-order chi connectivity index (χ0) is 19.1. The first kappa shape index (κ1) is 17.7. The molecule has 134 valence electrons. The minimum Gasteiger partial charge on any atom is -0.495 e. The number of hydrogen-bond acceptors (Lipinski definition) is 4. The lowest BCUT2D eigenvalue weighted by molar-refractivity contribution is 0.0706. The number of halogens is 3. The third-order valence-corrected chi connectivity index (χ3v) is 3.95. The van der Waals surface area contributed by atoms with Gasteiger partial charge < -0.3 is 4.74 Å². The summed E-state index contributed by atoms with van der Waals surface area (Å²) in [6, 6.07) is 6.38. The highest BCUT2D eigenvalue weighted by Crippen LogP contribution is 2.32. The molecule has 2 N–H and O–H groups in total. The number of benzene rings is 1. The van der Waals surface area contributed by atoms with E-state index >= 15 is 0 Å². The Morgan fingerprint density at radius 3 is 2.65 bits per heavy atom. The van der Waals surface area contributed by atoms with E-state index in [1.54, 1.807) is 6.07 Å². The van der Waals surface area contributed by atoms with E-state index in [-0.39, 0.29) is 0 Å². The summed E-state index contributed by atoms with van der Waals surface area (Å²) in [7, 11) is 1.44. The van der Waals surface area contributed by atoms with Crippen LogP contribution in [0.15, 0.2) is 42.7 Å². The molecule has 0 unspecified atom stereocenters. The highest BCUT2D eigenvalue weighted by atomic mass is 19.3. The summed E-state index contributed by atoms with van der Waals surface area (Å²) >= 11 is 0. The molecule has 0 atom stereocenters. The number of pyridine rings is 2. The molecule has 0 saturated carbocycles. The maximum atomic E-state index is 14.9. The molecule has 3 rings (SSSR count). The summed E-state index contributed by atoms with van der Waals surface area (Å²) in [6.45, 7) is 1.50. The second kappa shape index (κ2) is 6.29. The van der Waals surface area contributed by atoms with Crippen molar-refractivity contribution in [1.82, 2.24) is 9.55 Å². The molecule has 5 nitrogen and oxygen atoms in total. The number of hydrogen-bond donors (Lipinski definition) is 2. The van der Waals surface area contributed by atoms with Crippen LogP contribution in [0.3, 0.4) is 0 Å². The Morgan fingerprint density at radius 2 is 1.96 bits per heavy atom. The van der Waals surface area contributed by atoms with Gasteiger partial charge in [0.05, 0.1) is 18.8 Å². The predicted molar refractivity (Wildman–Crippen MR) is 90.3 cm³/mol. The molecule has 3 aromatic rings. The first-order chi connectivity index (χ1) is 12.2. The summed E-state index contributed by atoms with van der Waals surface area (Å²) in [4.78, 5) is 4.11. The van der Waals surface area contributed by atoms with E-state index in [1.165, 1.54) is 32.4 Å². The number of fused-ring (bicyclic) bond motifs is 1. The van der Waals surface area contributed by atoms with E-state index in [2.05, 4.69) is 4.98 Å². The molecule has 0 fully saturated rings. The molecule has 0 spiro atoms. The number of nitrogens with one attached hydrogen (secondary N) is 2. The molecule has 1 aromatic carbocycles. The first-order valence-electron chi connectivity index (χ1n) is 7.59. The summed E-state index contributed by atoms with van der Waals surface area (Å²) in [5, 5.41) is 15.9. The molecule has 0 bridgehead atoms. The summed E-state index contributed by atoms with van der Waals surface area (Å²) in [5.74, 6) is -5.51. The maximum Gasteiger partial charge on any atom is 0.329 e. The zero-order valence-electron chi connectivity index (χ0n) is 14.0. The largest absolute Gasteiger partial charge is 0.495 e. The summed E-state index contributed by atoms with van der Waals surface area (Å²) in [6.07, 6.45) is 2.60. The van der Waals surface area contributed by atoms with Crippen LogP contribution in [-0.4, -0.2) is 22.5 Å². The van der Waals surface area contributed by atoms with Crippen LogP contribution in [-0.2, 0) is 5.92 Å². The van der Waals surface area contributed by atoms with E-state index in [0.717, 1.165) is 18.3 Å². The molecule has 2 aromatic heterocycles. The fraction of sp³-hybridized carbons (Fsp3) is 0.167. The van der Waals surface area contributed by atoms with Gasteiger partial charge in [-0.15, -0.1) is 0 Å². The standard InChI is InChI=1S/C18H15F3N4O/c1-10-5-14(19)16(22)25(9-10)17(23)18(20,21)12-3-4-15-11(6-12)7-13(26-2)8-24-15/h3-9,22-23H,1-2H3. The molecule has 0 aliphatic carbocycles. The van der Waals surface area contributed by atoms with Gasteiger partial charge in [0, 0.05) is 17.1 Å². The minimum absolute atomic E-state index is 0.325. The number of ether oxygens (including phenoxy) is 1. The van der Waals surface area contributed by atoms with Crippen molar-refractivity contribution in [3.05, 3.63) is 65.2 Å². The van der Waals surface area contributed by atoms with Gasteiger partial charge in [0.2, 0.25) is 0 Å². The first-order valence-corrected chi connectivity index (χ1v) is 7.59. The van der Waals surface area contributed by atoms with Gasteiger partial charge in [0.15, 0.2) is 17.1 Å². The number of aromatic nitrogens is 2. The van der Waals surface area contributed by atoms with Crippen molar-refractivity contribution in [2.45, 2.75) is 12.8 Å². The van der Waals surface area contributed by atoms with Gasteiger partial charge in [0.25, 0.3) is 0 Å². The van der Waals surface area contributed by atoms with Crippen molar-refractivity contribution in [1.29, 1.82) is 10.8 Å². The number of methoxy groups -OCH3 is 1. The molecular weight excluding hydrogens is 345 g/mol. The van der Waals surface area contributed by atoms with Crippen LogP contribution in [0.25, 0.3) is 10.9 Å². The molecule has 2 heterocycles. The Balaban J connectivity index is 2.11. The number of rotatable bonds is 3. The molecular formula is C18H15F3N4O. The van der Waals surface area contributed by atoms with Crippen LogP contribution in [0.2, 0.25) is 0 Å². The third-order valence-electron chi connectivity index (χ3n) is 3.95. The molecule has 0 radical (unpaired) electrons. The molecule has 0 amide bonds. The van der Waals surface area contributed by atoms with Crippen molar-refractivity contribution in [3.8, 4) is 5.75 Å². The lowest BCUT2D eigenvalue weighted by atomic mass is 10.0. The van der Waals surface area contributed by atoms with Crippen LogP contribution in [0.5, 0.6) is 5.75 Å². The summed E-state index contributed by atoms with van der Waals surface area (Å²) < 4.78 is 49.1. The third kappa shape index (κ3) is 2.94. The van der Waals surface area contributed by atoms with Crippen LogP contribution in [0.4, 0.5) is 13.2 Å². The molecule has 8 heteroatoms. The van der Waals surface area contributed by atoms with Crippen LogP contribution >= 0.6 is 0 Å². The molecule has 0 aliphatic rings. The van der Waals surface area contributed by atoms with Crippen LogP contribution in [0.1, 0.15) is 11.1 Å². The number of alkyl halides is 2. The molecule has 0 saturated heterocycles. The Kier molecular flexibility index (Phi) is 4.27. The average Bonchev–Trinajstić information content (AvgIpc) is 2.62. The zero-order valence-corrected chi connectivity index (χ0v) is 14.0.